The molecule has 0 unspecified atom stereocenters. The second kappa shape index (κ2) is 11.7. The second-order valence-corrected chi connectivity index (χ2v) is 9.73. The molecule has 5 heteroatoms. The molecule has 1 aliphatic heterocycles. The summed E-state index contributed by atoms with van der Waals surface area (Å²) in [4.78, 5) is 2.49. The Hall–Kier alpha value is -3.44. The highest BCUT2D eigenvalue weighted by Crippen LogP contribution is 2.35. The first-order valence-corrected chi connectivity index (χ1v) is 13.1. The standard InChI is InChI=1S/C32H33F2NO2/c1-36-27-12-14-28-24(21-27)8-13-29(31-22-25(33)9-15-32(31)34)30(28)20-23-6-10-26(11-7-23)37-19-18-35-16-4-2-3-5-17-35/h6-15,21-22H,2-5,16-20H2,1H3. The Morgan fingerprint density at radius 2 is 1.51 bits per heavy atom. The first kappa shape index (κ1) is 25.2. The van der Waals surface area contributed by atoms with Gasteiger partial charge >= 0.3 is 0 Å². The van der Waals surface area contributed by atoms with Crippen molar-refractivity contribution in [1.82, 2.24) is 4.90 Å². The molecule has 4 aromatic carbocycles. The lowest BCUT2D eigenvalue weighted by Gasteiger charge is -2.19. The van der Waals surface area contributed by atoms with Crippen LogP contribution in [0.3, 0.4) is 0 Å². The van der Waals surface area contributed by atoms with Gasteiger partial charge in [0, 0.05) is 12.1 Å². The molecule has 1 heterocycles. The largest absolute Gasteiger partial charge is 0.497 e. The van der Waals surface area contributed by atoms with Crippen LogP contribution in [0.5, 0.6) is 11.5 Å². The number of nitrogens with zero attached hydrogens (tertiary/aromatic N) is 1. The number of rotatable bonds is 8. The molecular weight excluding hydrogens is 468 g/mol. The van der Waals surface area contributed by atoms with Gasteiger partial charge in [-0.3, -0.25) is 4.90 Å². The van der Waals surface area contributed by atoms with Gasteiger partial charge in [-0.1, -0.05) is 43.2 Å². The molecular formula is C32H33F2NO2. The number of halogens is 2. The Morgan fingerprint density at radius 1 is 0.757 bits per heavy atom. The lowest BCUT2D eigenvalue weighted by molar-refractivity contribution is 0.214. The van der Waals surface area contributed by atoms with Crippen molar-refractivity contribution in [2.75, 3.05) is 33.4 Å². The van der Waals surface area contributed by atoms with Crippen molar-refractivity contribution in [1.29, 1.82) is 0 Å². The van der Waals surface area contributed by atoms with Crippen LogP contribution in [0.15, 0.2) is 72.8 Å². The number of fused-ring (bicyclic) bond motifs is 1. The van der Waals surface area contributed by atoms with Gasteiger partial charge in [-0.05, 0) is 102 Å². The van der Waals surface area contributed by atoms with Gasteiger partial charge in [0.15, 0.2) is 0 Å². The highest BCUT2D eigenvalue weighted by atomic mass is 19.1. The molecule has 3 nitrogen and oxygen atoms in total. The monoisotopic (exact) mass is 501 g/mol. The Kier molecular flexibility index (Phi) is 8.00. The molecule has 0 saturated carbocycles. The molecule has 1 aliphatic rings. The number of likely N-dealkylation sites (tertiary alicyclic amines) is 1. The van der Waals surface area contributed by atoms with Gasteiger partial charge in [-0.2, -0.15) is 0 Å². The van der Waals surface area contributed by atoms with E-state index in [-0.39, 0.29) is 5.56 Å². The topological polar surface area (TPSA) is 21.7 Å². The summed E-state index contributed by atoms with van der Waals surface area (Å²) in [5.41, 5.74) is 2.97. The molecule has 1 fully saturated rings. The minimum absolute atomic E-state index is 0.265. The summed E-state index contributed by atoms with van der Waals surface area (Å²) in [7, 11) is 1.64. The number of hydrogen-bond donors (Lipinski definition) is 0. The summed E-state index contributed by atoms with van der Waals surface area (Å²) in [5, 5.41) is 1.98. The van der Waals surface area contributed by atoms with Crippen LogP contribution in [-0.2, 0) is 6.42 Å². The van der Waals surface area contributed by atoms with Crippen LogP contribution >= 0.6 is 0 Å². The van der Waals surface area contributed by atoms with Crippen LogP contribution in [0.1, 0.15) is 36.8 Å². The molecule has 4 aromatic rings. The molecule has 0 amide bonds. The average Bonchev–Trinajstić information content (AvgIpc) is 3.20. The van der Waals surface area contributed by atoms with E-state index in [0.29, 0.717) is 18.6 Å². The third-order valence-electron chi connectivity index (χ3n) is 7.24. The Balaban J connectivity index is 1.38. The van der Waals surface area contributed by atoms with Crippen molar-refractivity contribution in [3.8, 4) is 22.6 Å². The van der Waals surface area contributed by atoms with Gasteiger partial charge in [0.25, 0.3) is 0 Å². The van der Waals surface area contributed by atoms with E-state index in [0.717, 1.165) is 59.1 Å². The zero-order valence-electron chi connectivity index (χ0n) is 21.3. The lowest BCUT2D eigenvalue weighted by atomic mass is 9.90. The van der Waals surface area contributed by atoms with Crippen LogP contribution < -0.4 is 9.47 Å². The number of hydrogen-bond acceptors (Lipinski definition) is 3. The van der Waals surface area contributed by atoms with E-state index in [1.807, 2.05) is 42.5 Å². The third-order valence-corrected chi connectivity index (χ3v) is 7.24. The van der Waals surface area contributed by atoms with Gasteiger partial charge < -0.3 is 9.47 Å². The van der Waals surface area contributed by atoms with Crippen molar-refractivity contribution in [2.24, 2.45) is 0 Å². The van der Waals surface area contributed by atoms with Crippen molar-refractivity contribution in [2.45, 2.75) is 32.1 Å². The average molecular weight is 502 g/mol. The van der Waals surface area contributed by atoms with Crippen molar-refractivity contribution >= 4 is 10.8 Å². The Morgan fingerprint density at radius 3 is 2.27 bits per heavy atom. The molecule has 0 atom stereocenters. The summed E-state index contributed by atoms with van der Waals surface area (Å²) < 4.78 is 40.3. The van der Waals surface area contributed by atoms with Crippen LogP contribution in [0, 0.1) is 11.6 Å². The summed E-state index contributed by atoms with van der Waals surface area (Å²) >= 11 is 0. The molecule has 37 heavy (non-hydrogen) atoms. The summed E-state index contributed by atoms with van der Waals surface area (Å²) in [6, 6.07) is 21.4. The summed E-state index contributed by atoms with van der Waals surface area (Å²) in [6.07, 6.45) is 5.78. The summed E-state index contributed by atoms with van der Waals surface area (Å²) in [5.74, 6) is 0.699. The van der Waals surface area contributed by atoms with E-state index in [2.05, 4.69) is 17.0 Å². The normalized spacial score (nSPS) is 14.5. The van der Waals surface area contributed by atoms with Gasteiger partial charge in [-0.25, -0.2) is 8.78 Å². The maximum atomic E-state index is 14.8. The van der Waals surface area contributed by atoms with Crippen LogP contribution in [0.4, 0.5) is 8.78 Å². The highest BCUT2D eigenvalue weighted by Gasteiger charge is 2.15. The Labute approximate surface area is 217 Å². The van der Waals surface area contributed by atoms with Gasteiger partial charge in [-0.15, -0.1) is 0 Å². The minimum Gasteiger partial charge on any atom is -0.497 e. The van der Waals surface area contributed by atoms with Crippen LogP contribution in [0.25, 0.3) is 21.9 Å². The van der Waals surface area contributed by atoms with E-state index in [9.17, 15) is 8.78 Å². The molecule has 5 rings (SSSR count). The zero-order chi connectivity index (χ0) is 25.6. The van der Waals surface area contributed by atoms with E-state index < -0.39 is 11.6 Å². The van der Waals surface area contributed by atoms with E-state index in [1.54, 1.807) is 7.11 Å². The molecule has 0 N–H and O–H groups in total. The third kappa shape index (κ3) is 6.11. The van der Waals surface area contributed by atoms with Crippen molar-refractivity contribution < 1.29 is 18.3 Å². The Bertz CT molecular complexity index is 1350. The fourth-order valence-corrected chi connectivity index (χ4v) is 5.21. The van der Waals surface area contributed by atoms with Gasteiger partial charge in [0.2, 0.25) is 0 Å². The van der Waals surface area contributed by atoms with Gasteiger partial charge in [0.1, 0.15) is 29.7 Å². The van der Waals surface area contributed by atoms with Crippen molar-refractivity contribution in [3.05, 3.63) is 95.6 Å². The first-order valence-electron chi connectivity index (χ1n) is 13.1. The molecule has 0 spiro atoms. The van der Waals surface area contributed by atoms with Crippen molar-refractivity contribution in [3.63, 3.8) is 0 Å². The highest BCUT2D eigenvalue weighted by molar-refractivity contribution is 5.93. The molecule has 192 valence electrons. The molecule has 0 aromatic heterocycles. The number of ether oxygens (including phenoxy) is 2. The second-order valence-electron chi connectivity index (χ2n) is 9.73. The molecule has 0 aliphatic carbocycles. The van der Waals surface area contributed by atoms with Crippen LogP contribution in [-0.4, -0.2) is 38.3 Å². The maximum absolute atomic E-state index is 14.8. The van der Waals surface area contributed by atoms with Crippen LogP contribution in [0.2, 0.25) is 0 Å². The number of benzene rings is 4. The smallest absolute Gasteiger partial charge is 0.131 e. The van der Waals surface area contributed by atoms with E-state index >= 15 is 0 Å². The van der Waals surface area contributed by atoms with Gasteiger partial charge in [0.05, 0.1) is 7.11 Å². The maximum Gasteiger partial charge on any atom is 0.131 e. The molecule has 0 radical (unpaired) electrons. The van der Waals surface area contributed by atoms with E-state index in [4.69, 9.17) is 9.47 Å². The summed E-state index contributed by atoms with van der Waals surface area (Å²) in [6.45, 7) is 3.94. The minimum atomic E-state index is -0.459. The fourth-order valence-electron chi connectivity index (χ4n) is 5.21. The predicted octanol–water partition coefficient (Wildman–Crippen LogP) is 7.64. The fraction of sp³-hybridized carbons (Fsp3) is 0.312. The molecule has 1 saturated heterocycles. The SMILES string of the molecule is COc1ccc2c(Cc3ccc(OCCN4CCCCCC4)cc3)c(-c3cc(F)ccc3F)ccc2c1. The lowest BCUT2D eigenvalue weighted by Crippen LogP contribution is -2.29. The molecule has 0 bridgehead atoms. The predicted molar refractivity (Wildman–Crippen MR) is 146 cm³/mol. The first-order chi connectivity index (χ1) is 18.1. The number of methoxy groups -OCH3 is 1. The van der Waals surface area contributed by atoms with E-state index in [1.165, 1.54) is 37.8 Å². The zero-order valence-corrected chi connectivity index (χ0v) is 21.3. The quantitative estimate of drug-likeness (QED) is 0.248.